The number of nitrogens with zero attached hydrogens (tertiary/aromatic N) is 2. The zero-order valence-corrected chi connectivity index (χ0v) is 20.1. The first-order chi connectivity index (χ1) is 18.3. The highest BCUT2D eigenvalue weighted by Crippen LogP contribution is 2.30. The number of aromatic amines is 1. The number of hydrogen-bond donors (Lipinski definition) is 3. The van der Waals surface area contributed by atoms with Crippen LogP contribution in [-0.4, -0.2) is 24.9 Å². The van der Waals surface area contributed by atoms with Gasteiger partial charge >= 0.3 is 0 Å². The van der Waals surface area contributed by atoms with E-state index in [1.165, 1.54) is 12.5 Å². The molecule has 5 aromatic rings. The van der Waals surface area contributed by atoms with Gasteiger partial charge in [0.2, 0.25) is 5.78 Å². The van der Waals surface area contributed by atoms with Crippen molar-refractivity contribution in [3.8, 4) is 0 Å². The Morgan fingerprint density at radius 1 is 0.947 bits per heavy atom. The van der Waals surface area contributed by atoms with Gasteiger partial charge in [0.05, 0.1) is 27.1 Å². The van der Waals surface area contributed by atoms with Gasteiger partial charge < -0.3 is 10.3 Å². The molecule has 0 aliphatic carbocycles. The maximum Gasteiger partial charge on any atom is 0.201 e. The summed E-state index contributed by atoms with van der Waals surface area (Å²) >= 11 is 0. The average Bonchev–Trinajstić information content (AvgIpc) is 3.36. The number of H-pyrrole nitrogens is 1. The van der Waals surface area contributed by atoms with Gasteiger partial charge in [-0.1, -0.05) is 30.3 Å². The van der Waals surface area contributed by atoms with Gasteiger partial charge in [0.15, 0.2) is 16.8 Å². The third kappa shape index (κ3) is 4.85. The molecule has 0 saturated heterocycles. The minimum absolute atomic E-state index is 0.108. The SMILES string of the molecule is O=C(c1c(F)ccc(NS(=O)c2cc(F)ccc2F)c1F)c1c[nH]c2ncnc(NCc3ccccc3)c12. The van der Waals surface area contributed by atoms with Gasteiger partial charge in [-0.05, 0) is 35.9 Å². The Hall–Kier alpha value is -4.58. The molecule has 0 fully saturated rings. The molecule has 3 aromatic carbocycles. The summed E-state index contributed by atoms with van der Waals surface area (Å²) in [5, 5.41) is 3.32. The van der Waals surface area contributed by atoms with Crippen LogP contribution in [0.25, 0.3) is 11.0 Å². The van der Waals surface area contributed by atoms with Crippen molar-refractivity contribution < 1.29 is 26.6 Å². The number of anilines is 2. The smallest absolute Gasteiger partial charge is 0.201 e. The molecule has 5 rings (SSSR count). The second-order valence-corrected chi connectivity index (χ2v) is 9.23. The van der Waals surface area contributed by atoms with E-state index in [9.17, 15) is 22.2 Å². The predicted octanol–water partition coefficient (Wildman–Crippen LogP) is 5.49. The van der Waals surface area contributed by atoms with Crippen molar-refractivity contribution in [3.05, 3.63) is 113 Å². The van der Waals surface area contributed by atoms with Crippen molar-refractivity contribution in [1.82, 2.24) is 15.0 Å². The summed E-state index contributed by atoms with van der Waals surface area (Å²) in [6.45, 7) is 0.357. The standard InChI is InChI=1S/C26H17F4N5O2S/c27-15-6-7-17(28)20(10-15)38(37)35-19-9-8-18(29)22(23(19)30)24(36)16-12-32-26-21(16)25(33-13-34-26)31-11-14-4-2-1-3-5-14/h1-10,12-13,35H,11H2,(H2,31,32,33,34). The van der Waals surface area contributed by atoms with Crippen LogP contribution in [0.5, 0.6) is 0 Å². The van der Waals surface area contributed by atoms with Crippen LogP contribution in [-0.2, 0) is 17.5 Å². The Morgan fingerprint density at radius 2 is 1.71 bits per heavy atom. The summed E-state index contributed by atoms with van der Waals surface area (Å²) < 4.78 is 72.5. The third-order valence-electron chi connectivity index (χ3n) is 5.63. The van der Waals surface area contributed by atoms with Crippen LogP contribution in [0.1, 0.15) is 21.5 Å². The first-order valence-corrected chi connectivity index (χ1v) is 12.2. The largest absolute Gasteiger partial charge is 0.365 e. The molecule has 0 radical (unpaired) electrons. The van der Waals surface area contributed by atoms with Gasteiger partial charge in [0.1, 0.15) is 35.2 Å². The van der Waals surface area contributed by atoms with Gasteiger partial charge in [-0.25, -0.2) is 31.7 Å². The summed E-state index contributed by atoms with van der Waals surface area (Å²) in [6, 6.07) is 13.4. The van der Waals surface area contributed by atoms with E-state index in [1.54, 1.807) is 0 Å². The van der Waals surface area contributed by atoms with Crippen LogP contribution in [0, 0.1) is 23.3 Å². The second-order valence-electron chi connectivity index (χ2n) is 8.05. The maximum atomic E-state index is 15.4. The second kappa shape index (κ2) is 10.4. The number of fused-ring (bicyclic) bond motifs is 1. The fourth-order valence-electron chi connectivity index (χ4n) is 3.81. The molecular formula is C26H17F4N5O2S. The highest BCUT2D eigenvalue weighted by Gasteiger charge is 2.26. The fraction of sp³-hybridized carbons (Fsp3) is 0.0385. The van der Waals surface area contributed by atoms with Gasteiger partial charge in [-0.3, -0.25) is 9.52 Å². The number of rotatable bonds is 8. The molecule has 0 bridgehead atoms. The Labute approximate surface area is 215 Å². The van der Waals surface area contributed by atoms with Gasteiger partial charge in [0.25, 0.3) is 0 Å². The van der Waals surface area contributed by atoms with Crippen molar-refractivity contribution >= 4 is 39.3 Å². The van der Waals surface area contributed by atoms with Crippen molar-refractivity contribution in [2.75, 3.05) is 10.0 Å². The van der Waals surface area contributed by atoms with Crippen LogP contribution in [0.4, 0.5) is 29.1 Å². The first-order valence-electron chi connectivity index (χ1n) is 11.1. The number of hydrogen-bond acceptors (Lipinski definition) is 5. The van der Waals surface area contributed by atoms with Gasteiger partial charge in [-0.15, -0.1) is 0 Å². The lowest BCUT2D eigenvalue weighted by Crippen LogP contribution is -2.13. The highest BCUT2D eigenvalue weighted by molar-refractivity contribution is 7.86. The van der Waals surface area contributed by atoms with Crippen molar-refractivity contribution in [2.24, 2.45) is 0 Å². The number of ketones is 1. The molecule has 2 heterocycles. The summed E-state index contributed by atoms with van der Waals surface area (Å²) in [6.07, 6.45) is 2.53. The van der Waals surface area contributed by atoms with E-state index >= 15 is 4.39 Å². The summed E-state index contributed by atoms with van der Waals surface area (Å²) in [5.41, 5.74) is -0.401. The molecule has 0 aliphatic rings. The molecule has 0 amide bonds. The van der Waals surface area contributed by atoms with Gasteiger partial charge in [-0.2, -0.15) is 0 Å². The lowest BCUT2D eigenvalue weighted by molar-refractivity contribution is 0.103. The molecule has 1 atom stereocenters. The molecule has 7 nitrogen and oxygen atoms in total. The minimum Gasteiger partial charge on any atom is -0.365 e. The van der Waals surface area contributed by atoms with Crippen molar-refractivity contribution in [1.29, 1.82) is 0 Å². The van der Waals surface area contributed by atoms with E-state index in [4.69, 9.17) is 0 Å². The Morgan fingerprint density at radius 3 is 2.50 bits per heavy atom. The van der Waals surface area contributed by atoms with E-state index in [-0.39, 0.29) is 22.4 Å². The lowest BCUT2D eigenvalue weighted by atomic mass is 10.0. The van der Waals surface area contributed by atoms with E-state index in [0.29, 0.717) is 12.6 Å². The zero-order chi connectivity index (χ0) is 26.8. The van der Waals surface area contributed by atoms with Crippen LogP contribution >= 0.6 is 0 Å². The lowest BCUT2D eigenvalue weighted by Gasteiger charge is -2.12. The molecule has 3 N–H and O–H groups in total. The van der Waals surface area contributed by atoms with E-state index in [2.05, 4.69) is 25.0 Å². The molecule has 192 valence electrons. The van der Waals surface area contributed by atoms with Crippen molar-refractivity contribution in [2.45, 2.75) is 11.4 Å². The van der Waals surface area contributed by atoms with Crippen LogP contribution in [0.15, 0.2) is 78.1 Å². The van der Waals surface area contributed by atoms with E-state index in [1.807, 2.05) is 30.3 Å². The number of carbonyl (C=O) groups excluding carboxylic acids is 1. The fourth-order valence-corrected chi connectivity index (χ4v) is 4.74. The molecule has 12 heteroatoms. The third-order valence-corrected chi connectivity index (χ3v) is 6.75. The van der Waals surface area contributed by atoms with Gasteiger partial charge in [0, 0.05) is 12.7 Å². The first kappa shape index (κ1) is 25.1. The summed E-state index contributed by atoms with van der Waals surface area (Å²) in [7, 11) is -2.45. The number of aromatic nitrogens is 3. The number of nitrogens with one attached hydrogen (secondary N) is 3. The van der Waals surface area contributed by atoms with Crippen LogP contribution < -0.4 is 10.0 Å². The van der Waals surface area contributed by atoms with Crippen molar-refractivity contribution in [3.63, 3.8) is 0 Å². The van der Waals surface area contributed by atoms with E-state index in [0.717, 1.165) is 29.8 Å². The number of halogens is 4. The average molecular weight is 540 g/mol. The molecule has 1 unspecified atom stereocenters. The van der Waals surface area contributed by atoms with Crippen LogP contribution in [0.3, 0.4) is 0 Å². The molecule has 0 saturated carbocycles. The topological polar surface area (TPSA) is 99.8 Å². The van der Waals surface area contributed by atoms with E-state index < -0.39 is 56.2 Å². The number of carbonyl (C=O) groups is 1. The predicted molar refractivity (Wildman–Crippen MR) is 134 cm³/mol. The Bertz CT molecular complexity index is 1690. The molecule has 0 spiro atoms. The Kier molecular flexibility index (Phi) is 6.88. The maximum absolute atomic E-state index is 15.4. The zero-order valence-electron chi connectivity index (χ0n) is 19.3. The highest BCUT2D eigenvalue weighted by atomic mass is 32.2. The molecule has 2 aromatic heterocycles. The minimum atomic E-state index is -2.45. The summed E-state index contributed by atoms with van der Waals surface area (Å²) in [4.78, 5) is 23.9. The normalized spacial score (nSPS) is 11.9. The van der Waals surface area contributed by atoms with Crippen LogP contribution in [0.2, 0.25) is 0 Å². The Balaban J connectivity index is 1.49. The molecule has 38 heavy (non-hydrogen) atoms. The molecular weight excluding hydrogens is 522 g/mol. The quantitative estimate of drug-likeness (QED) is 0.179. The summed E-state index contributed by atoms with van der Waals surface area (Å²) in [5.74, 6) is -5.15. The number of benzene rings is 3. The molecule has 0 aliphatic heterocycles. The monoisotopic (exact) mass is 539 g/mol.